The summed E-state index contributed by atoms with van der Waals surface area (Å²) in [6.45, 7) is 6.31. The highest BCUT2D eigenvalue weighted by Gasteiger charge is 2.30. The minimum Gasteiger partial charge on any atom is -0.462 e. The van der Waals surface area contributed by atoms with Gasteiger partial charge >= 0.3 is 5.97 Å². The number of benzene rings is 1. The molecule has 2 amide bonds. The average molecular weight is 448 g/mol. The number of hydrogen-bond acceptors (Lipinski definition) is 7. The number of nitrogens with two attached hydrogens (primary N) is 1. The van der Waals surface area contributed by atoms with Crippen molar-refractivity contribution in [1.29, 1.82) is 0 Å². The number of anilines is 2. The first kappa shape index (κ1) is 22.2. The molecule has 3 rings (SSSR count). The molecule has 0 fully saturated rings. The molecule has 1 aromatic heterocycles. The predicted molar refractivity (Wildman–Crippen MR) is 120 cm³/mol. The van der Waals surface area contributed by atoms with Crippen LogP contribution in [0.15, 0.2) is 29.2 Å². The number of nitrogens with one attached hydrogen (secondary N) is 1. The summed E-state index contributed by atoms with van der Waals surface area (Å²) in [5, 5.41) is 3.00. The molecule has 30 heavy (non-hydrogen) atoms. The lowest BCUT2D eigenvalue weighted by molar-refractivity contribution is -0.129. The van der Waals surface area contributed by atoms with Crippen molar-refractivity contribution in [2.45, 2.75) is 43.9 Å². The topological polar surface area (TPSA) is 102 Å². The van der Waals surface area contributed by atoms with Crippen LogP contribution >= 0.6 is 23.1 Å². The second-order valence-electron chi connectivity index (χ2n) is 6.94. The number of rotatable bonds is 6. The van der Waals surface area contributed by atoms with Crippen LogP contribution in [0.2, 0.25) is 0 Å². The van der Waals surface area contributed by atoms with Crippen LogP contribution < -0.4 is 11.1 Å². The fourth-order valence-electron chi connectivity index (χ4n) is 3.24. The van der Waals surface area contributed by atoms with Crippen molar-refractivity contribution >= 4 is 51.6 Å². The molecule has 0 saturated heterocycles. The summed E-state index contributed by atoms with van der Waals surface area (Å²) in [4.78, 5) is 40.8. The van der Waals surface area contributed by atoms with Gasteiger partial charge in [0.15, 0.2) is 0 Å². The first-order valence-electron chi connectivity index (χ1n) is 9.70. The predicted octanol–water partition coefficient (Wildman–Crippen LogP) is 3.53. The van der Waals surface area contributed by atoms with Crippen LogP contribution in [-0.2, 0) is 27.3 Å². The molecule has 3 N–H and O–H groups in total. The number of nitrogens with zero attached hydrogens (tertiary/aromatic N) is 1. The van der Waals surface area contributed by atoms with E-state index in [1.165, 1.54) is 30.0 Å². The minimum absolute atomic E-state index is 0.00974. The summed E-state index contributed by atoms with van der Waals surface area (Å²) in [6.07, 6.45) is 0.559. The Kier molecular flexibility index (Phi) is 7.04. The van der Waals surface area contributed by atoms with E-state index in [4.69, 9.17) is 10.5 Å². The fraction of sp³-hybridized carbons (Fsp3) is 0.381. The van der Waals surface area contributed by atoms with Gasteiger partial charge in [-0.1, -0.05) is 6.07 Å². The van der Waals surface area contributed by atoms with Crippen molar-refractivity contribution in [2.75, 3.05) is 24.2 Å². The summed E-state index contributed by atoms with van der Waals surface area (Å²) >= 11 is 2.73. The number of thiophene rings is 1. The standard InChI is InChI=1S/C21H25N3O4S2/c1-4-28-21(27)18-16-8-9-24(13(3)25)11-17(16)30-20(18)23-19(26)12(2)29-15-7-5-6-14(22)10-15/h5-7,10,12H,4,8-9,11,22H2,1-3H3,(H,23,26). The smallest absolute Gasteiger partial charge is 0.341 e. The van der Waals surface area contributed by atoms with Crippen LogP contribution in [0.5, 0.6) is 0 Å². The minimum atomic E-state index is -0.447. The van der Waals surface area contributed by atoms with E-state index in [-0.39, 0.29) is 18.4 Å². The molecule has 1 aromatic carbocycles. The molecule has 1 unspecified atom stereocenters. The maximum Gasteiger partial charge on any atom is 0.341 e. The molecule has 9 heteroatoms. The van der Waals surface area contributed by atoms with E-state index in [0.29, 0.717) is 35.8 Å². The molecule has 0 saturated carbocycles. The first-order chi connectivity index (χ1) is 14.3. The lowest BCUT2D eigenvalue weighted by Crippen LogP contribution is -2.34. The highest BCUT2D eigenvalue weighted by Crippen LogP contribution is 2.38. The maximum absolute atomic E-state index is 12.8. The highest BCUT2D eigenvalue weighted by atomic mass is 32.2. The Balaban J connectivity index is 1.82. The number of thioether (sulfide) groups is 1. The first-order valence-corrected chi connectivity index (χ1v) is 11.4. The molecule has 2 aromatic rings. The number of carbonyl (C=O) groups excluding carboxylic acids is 3. The summed E-state index contributed by atoms with van der Waals surface area (Å²) in [7, 11) is 0. The van der Waals surface area contributed by atoms with Crippen molar-refractivity contribution in [3.8, 4) is 0 Å². The molecule has 7 nitrogen and oxygen atoms in total. The Morgan fingerprint density at radius 1 is 1.37 bits per heavy atom. The fourth-order valence-corrected chi connectivity index (χ4v) is 5.43. The van der Waals surface area contributed by atoms with Gasteiger partial charge in [-0.05, 0) is 44.0 Å². The zero-order valence-corrected chi connectivity index (χ0v) is 18.8. The number of fused-ring (bicyclic) bond motifs is 1. The van der Waals surface area contributed by atoms with Gasteiger partial charge < -0.3 is 20.7 Å². The van der Waals surface area contributed by atoms with Gasteiger partial charge in [0.2, 0.25) is 11.8 Å². The molecular weight excluding hydrogens is 422 g/mol. The third-order valence-electron chi connectivity index (χ3n) is 4.76. The lowest BCUT2D eigenvalue weighted by atomic mass is 10.0. The van der Waals surface area contributed by atoms with E-state index in [2.05, 4.69) is 5.32 Å². The van der Waals surface area contributed by atoms with Crippen molar-refractivity contribution in [3.63, 3.8) is 0 Å². The number of carbonyl (C=O) groups is 3. The summed E-state index contributed by atoms with van der Waals surface area (Å²) < 4.78 is 5.23. The van der Waals surface area contributed by atoms with E-state index < -0.39 is 11.2 Å². The number of amides is 2. The molecule has 0 bridgehead atoms. The maximum atomic E-state index is 12.8. The van der Waals surface area contributed by atoms with Gasteiger partial charge in [0.1, 0.15) is 5.00 Å². The van der Waals surface area contributed by atoms with Crippen LogP contribution in [0.3, 0.4) is 0 Å². The normalized spacial score (nSPS) is 14.0. The Hall–Kier alpha value is -2.52. The van der Waals surface area contributed by atoms with Gasteiger partial charge in [-0.3, -0.25) is 9.59 Å². The number of esters is 1. The van der Waals surface area contributed by atoms with Gasteiger partial charge in [-0.25, -0.2) is 4.79 Å². The molecule has 0 spiro atoms. The van der Waals surface area contributed by atoms with Crippen LogP contribution in [0.4, 0.5) is 10.7 Å². The quantitative estimate of drug-likeness (QED) is 0.399. The zero-order chi connectivity index (χ0) is 21.8. The third kappa shape index (κ3) is 4.96. The van der Waals surface area contributed by atoms with E-state index >= 15 is 0 Å². The van der Waals surface area contributed by atoms with Gasteiger partial charge in [0.05, 0.1) is 24.0 Å². The summed E-state index contributed by atoms with van der Waals surface area (Å²) in [6, 6.07) is 7.35. The second-order valence-corrected chi connectivity index (χ2v) is 9.46. The molecule has 2 heterocycles. The molecule has 160 valence electrons. The van der Waals surface area contributed by atoms with E-state index in [1.807, 2.05) is 18.2 Å². The zero-order valence-electron chi connectivity index (χ0n) is 17.2. The monoisotopic (exact) mass is 447 g/mol. The van der Waals surface area contributed by atoms with Crippen molar-refractivity contribution in [2.24, 2.45) is 0 Å². The van der Waals surface area contributed by atoms with Crippen LogP contribution in [0.25, 0.3) is 0 Å². The molecule has 1 aliphatic heterocycles. The number of hydrogen-bond donors (Lipinski definition) is 2. The Bertz CT molecular complexity index is 973. The van der Waals surface area contributed by atoms with Crippen LogP contribution in [-0.4, -0.2) is 41.1 Å². The Morgan fingerprint density at radius 2 is 2.13 bits per heavy atom. The van der Waals surface area contributed by atoms with Gasteiger partial charge in [-0.2, -0.15) is 0 Å². The molecule has 0 radical (unpaired) electrons. The molecular formula is C21H25N3O4S2. The van der Waals surface area contributed by atoms with Crippen molar-refractivity contribution in [1.82, 2.24) is 4.90 Å². The molecule has 1 atom stereocenters. The van der Waals surface area contributed by atoms with Gasteiger partial charge in [0, 0.05) is 28.9 Å². The van der Waals surface area contributed by atoms with E-state index in [1.54, 1.807) is 24.8 Å². The van der Waals surface area contributed by atoms with E-state index in [0.717, 1.165) is 15.3 Å². The second kappa shape index (κ2) is 9.53. The SMILES string of the molecule is CCOC(=O)c1c(NC(=O)C(C)Sc2cccc(N)c2)sc2c1CCN(C(C)=O)C2. The molecule has 1 aliphatic rings. The van der Waals surface area contributed by atoms with Gasteiger partial charge in [-0.15, -0.1) is 23.1 Å². The van der Waals surface area contributed by atoms with Crippen LogP contribution in [0, 0.1) is 0 Å². The summed E-state index contributed by atoms with van der Waals surface area (Å²) in [5.41, 5.74) is 7.72. The highest BCUT2D eigenvalue weighted by molar-refractivity contribution is 8.00. The summed E-state index contributed by atoms with van der Waals surface area (Å²) in [5.74, 6) is -0.669. The largest absolute Gasteiger partial charge is 0.462 e. The van der Waals surface area contributed by atoms with Crippen LogP contribution in [0.1, 0.15) is 41.6 Å². The number of nitrogen functional groups attached to an aromatic ring is 1. The lowest BCUT2D eigenvalue weighted by Gasteiger charge is -2.25. The number of ether oxygens (including phenoxy) is 1. The molecule has 0 aliphatic carbocycles. The van der Waals surface area contributed by atoms with Crippen molar-refractivity contribution in [3.05, 3.63) is 40.3 Å². The Morgan fingerprint density at radius 3 is 2.80 bits per heavy atom. The van der Waals surface area contributed by atoms with Crippen molar-refractivity contribution < 1.29 is 19.1 Å². The third-order valence-corrected chi connectivity index (χ3v) is 6.98. The Labute approximate surface area is 184 Å². The van der Waals surface area contributed by atoms with Gasteiger partial charge in [0.25, 0.3) is 0 Å². The van der Waals surface area contributed by atoms with E-state index in [9.17, 15) is 14.4 Å². The average Bonchev–Trinajstić information content (AvgIpc) is 3.05.